The van der Waals surface area contributed by atoms with Crippen molar-refractivity contribution in [2.45, 2.75) is 44.4 Å². The van der Waals surface area contributed by atoms with E-state index in [0.717, 1.165) is 35.1 Å². The molecule has 0 aromatic heterocycles. The molecule has 0 saturated carbocycles. The summed E-state index contributed by atoms with van der Waals surface area (Å²) in [6.45, 7) is 0.379. The van der Waals surface area contributed by atoms with E-state index in [4.69, 9.17) is 0 Å². The van der Waals surface area contributed by atoms with Crippen molar-refractivity contribution in [3.05, 3.63) is 58.7 Å². The third kappa shape index (κ3) is 2.64. The number of rotatable bonds is 2. The summed E-state index contributed by atoms with van der Waals surface area (Å²) >= 11 is 0. The van der Waals surface area contributed by atoms with E-state index in [0.29, 0.717) is 18.5 Å². The third-order valence-corrected chi connectivity index (χ3v) is 6.05. The SMILES string of the molecule is O=C1CCC(N2Cc3ccc(-c4ccc5c(c4)[C@@H](O)CC5)cc3C2=O)C(=O)N1. The van der Waals surface area contributed by atoms with Crippen molar-refractivity contribution in [3.8, 4) is 11.1 Å². The molecular formula is C22H20N2O4. The number of amides is 3. The molecule has 1 aliphatic carbocycles. The molecule has 2 aromatic rings. The van der Waals surface area contributed by atoms with Gasteiger partial charge < -0.3 is 10.0 Å². The van der Waals surface area contributed by atoms with Crippen LogP contribution < -0.4 is 5.32 Å². The van der Waals surface area contributed by atoms with Crippen LogP contribution in [0.1, 0.15) is 52.4 Å². The number of nitrogens with zero attached hydrogens (tertiary/aromatic N) is 1. The Bertz CT molecular complexity index is 1030. The van der Waals surface area contributed by atoms with Crippen molar-refractivity contribution in [2.75, 3.05) is 0 Å². The van der Waals surface area contributed by atoms with E-state index in [1.54, 1.807) is 4.90 Å². The minimum Gasteiger partial charge on any atom is -0.388 e. The van der Waals surface area contributed by atoms with Gasteiger partial charge >= 0.3 is 0 Å². The fraction of sp³-hybridized carbons (Fsp3) is 0.318. The highest BCUT2D eigenvalue weighted by Gasteiger charge is 2.39. The van der Waals surface area contributed by atoms with E-state index < -0.39 is 18.1 Å². The first kappa shape index (κ1) is 17.1. The van der Waals surface area contributed by atoms with Crippen LogP contribution in [0.25, 0.3) is 11.1 Å². The van der Waals surface area contributed by atoms with Gasteiger partial charge in [-0.05, 0) is 59.2 Å². The summed E-state index contributed by atoms with van der Waals surface area (Å²) in [5.41, 5.74) is 5.52. The second-order valence-corrected chi connectivity index (χ2v) is 7.74. The van der Waals surface area contributed by atoms with Crippen LogP contribution in [0.4, 0.5) is 0 Å². The summed E-state index contributed by atoms with van der Waals surface area (Å²) < 4.78 is 0. The Hall–Kier alpha value is -2.99. The number of aliphatic hydroxyl groups excluding tert-OH is 1. The molecule has 0 bridgehead atoms. The van der Waals surface area contributed by atoms with Gasteiger partial charge in [-0.1, -0.05) is 24.3 Å². The zero-order chi connectivity index (χ0) is 19.4. The number of aryl methyl sites for hydroxylation is 1. The van der Waals surface area contributed by atoms with Gasteiger partial charge in [-0.3, -0.25) is 19.7 Å². The lowest BCUT2D eigenvalue weighted by molar-refractivity contribution is -0.136. The van der Waals surface area contributed by atoms with Gasteiger partial charge in [0, 0.05) is 18.5 Å². The summed E-state index contributed by atoms with van der Waals surface area (Å²) in [7, 11) is 0. The average Bonchev–Trinajstić information content (AvgIpc) is 3.22. The average molecular weight is 376 g/mol. The monoisotopic (exact) mass is 376 g/mol. The third-order valence-electron chi connectivity index (χ3n) is 6.05. The van der Waals surface area contributed by atoms with E-state index >= 15 is 0 Å². The molecule has 28 heavy (non-hydrogen) atoms. The number of aliphatic hydroxyl groups is 1. The quantitative estimate of drug-likeness (QED) is 0.786. The number of imide groups is 1. The Morgan fingerprint density at radius 1 is 0.929 bits per heavy atom. The Balaban J connectivity index is 1.45. The molecule has 2 heterocycles. The van der Waals surface area contributed by atoms with E-state index in [-0.39, 0.29) is 18.2 Å². The van der Waals surface area contributed by atoms with Crippen molar-refractivity contribution >= 4 is 17.7 Å². The predicted octanol–water partition coefficient (Wildman–Crippen LogP) is 2.09. The lowest BCUT2D eigenvalue weighted by Gasteiger charge is -2.29. The molecule has 1 saturated heterocycles. The second-order valence-electron chi connectivity index (χ2n) is 7.74. The molecule has 2 aliphatic heterocycles. The van der Waals surface area contributed by atoms with Gasteiger partial charge in [-0.2, -0.15) is 0 Å². The molecule has 6 heteroatoms. The normalized spacial score (nSPS) is 23.6. The first-order chi connectivity index (χ1) is 13.5. The van der Waals surface area contributed by atoms with Gasteiger partial charge in [-0.15, -0.1) is 0 Å². The zero-order valence-electron chi connectivity index (χ0n) is 15.3. The Morgan fingerprint density at radius 2 is 1.68 bits per heavy atom. The maximum atomic E-state index is 13.0. The largest absolute Gasteiger partial charge is 0.388 e. The van der Waals surface area contributed by atoms with Crippen molar-refractivity contribution in [3.63, 3.8) is 0 Å². The maximum Gasteiger partial charge on any atom is 0.255 e. The molecule has 5 rings (SSSR count). The van der Waals surface area contributed by atoms with Crippen molar-refractivity contribution in [1.82, 2.24) is 10.2 Å². The van der Waals surface area contributed by atoms with E-state index in [2.05, 4.69) is 5.32 Å². The minimum atomic E-state index is -0.601. The fourth-order valence-electron chi connectivity index (χ4n) is 4.49. The highest BCUT2D eigenvalue weighted by atomic mass is 16.3. The topological polar surface area (TPSA) is 86.7 Å². The molecule has 3 aliphatic rings. The molecule has 2 atom stereocenters. The van der Waals surface area contributed by atoms with Gasteiger partial charge in [0.2, 0.25) is 11.8 Å². The first-order valence-corrected chi connectivity index (χ1v) is 9.60. The fourth-order valence-corrected chi connectivity index (χ4v) is 4.49. The molecule has 1 fully saturated rings. The maximum absolute atomic E-state index is 13.0. The zero-order valence-corrected chi connectivity index (χ0v) is 15.3. The van der Waals surface area contributed by atoms with Crippen LogP contribution in [0.5, 0.6) is 0 Å². The molecule has 1 unspecified atom stereocenters. The van der Waals surface area contributed by atoms with Gasteiger partial charge in [0.1, 0.15) is 6.04 Å². The molecular weight excluding hydrogens is 356 g/mol. The van der Waals surface area contributed by atoms with Gasteiger partial charge in [-0.25, -0.2) is 0 Å². The molecule has 3 amide bonds. The highest BCUT2D eigenvalue weighted by molar-refractivity contribution is 6.05. The van der Waals surface area contributed by atoms with Crippen LogP contribution in [0.2, 0.25) is 0 Å². The van der Waals surface area contributed by atoms with E-state index in [9.17, 15) is 19.5 Å². The smallest absolute Gasteiger partial charge is 0.255 e. The van der Waals surface area contributed by atoms with Crippen LogP contribution >= 0.6 is 0 Å². The van der Waals surface area contributed by atoms with Crippen LogP contribution in [0.3, 0.4) is 0 Å². The molecule has 0 radical (unpaired) electrons. The predicted molar refractivity (Wildman–Crippen MR) is 101 cm³/mol. The molecule has 6 nitrogen and oxygen atoms in total. The molecule has 0 spiro atoms. The van der Waals surface area contributed by atoms with Crippen LogP contribution in [-0.2, 0) is 22.6 Å². The van der Waals surface area contributed by atoms with Gasteiger partial charge in [0.05, 0.1) is 6.10 Å². The lowest BCUT2D eigenvalue weighted by atomic mass is 9.97. The van der Waals surface area contributed by atoms with Crippen LogP contribution in [0.15, 0.2) is 36.4 Å². The minimum absolute atomic E-state index is 0.174. The number of fused-ring (bicyclic) bond motifs is 2. The number of carbonyl (C=O) groups excluding carboxylic acids is 3. The highest BCUT2D eigenvalue weighted by Crippen LogP contribution is 2.36. The number of hydrogen-bond acceptors (Lipinski definition) is 4. The number of piperidine rings is 1. The number of hydrogen-bond donors (Lipinski definition) is 2. The van der Waals surface area contributed by atoms with E-state index in [1.165, 1.54) is 5.56 Å². The Kier molecular flexibility index (Phi) is 3.84. The van der Waals surface area contributed by atoms with Crippen LogP contribution in [-0.4, -0.2) is 33.8 Å². The van der Waals surface area contributed by atoms with Gasteiger partial charge in [0.15, 0.2) is 0 Å². The Morgan fingerprint density at radius 3 is 2.46 bits per heavy atom. The first-order valence-electron chi connectivity index (χ1n) is 9.60. The molecule has 2 aromatic carbocycles. The number of benzene rings is 2. The van der Waals surface area contributed by atoms with Crippen molar-refractivity contribution in [2.24, 2.45) is 0 Å². The number of carbonyl (C=O) groups is 3. The summed E-state index contributed by atoms with van der Waals surface area (Å²) in [6.07, 6.45) is 1.83. The summed E-state index contributed by atoms with van der Waals surface area (Å²) in [5.74, 6) is -0.857. The second kappa shape index (κ2) is 6.27. The summed E-state index contributed by atoms with van der Waals surface area (Å²) in [5, 5.41) is 12.5. The standard InChI is InChI=1S/C22H20N2O4/c25-19-7-5-12-1-2-13(9-16(12)19)14-3-4-15-11-24(22(28)17(15)10-14)18-6-8-20(26)23-21(18)27/h1-4,9-10,18-19,25H,5-8,11H2,(H,23,26,27)/t18?,19-/m0/s1. The van der Waals surface area contributed by atoms with E-state index in [1.807, 2.05) is 36.4 Å². The van der Waals surface area contributed by atoms with Crippen LogP contribution in [0, 0.1) is 0 Å². The summed E-state index contributed by atoms with van der Waals surface area (Å²) in [6, 6.07) is 11.2. The number of nitrogens with one attached hydrogen (secondary N) is 1. The van der Waals surface area contributed by atoms with Crippen molar-refractivity contribution < 1.29 is 19.5 Å². The summed E-state index contributed by atoms with van der Waals surface area (Å²) in [4.78, 5) is 38.1. The van der Waals surface area contributed by atoms with Crippen molar-refractivity contribution in [1.29, 1.82) is 0 Å². The lowest BCUT2D eigenvalue weighted by Crippen LogP contribution is -2.52. The Labute approximate surface area is 162 Å². The molecule has 142 valence electrons. The van der Waals surface area contributed by atoms with Gasteiger partial charge in [0.25, 0.3) is 5.91 Å². The molecule has 2 N–H and O–H groups in total.